The predicted octanol–water partition coefficient (Wildman–Crippen LogP) is 1.45. The number of fused-ring (bicyclic) bond motifs is 1. The van der Waals surface area contributed by atoms with E-state index in [1.807, 2.05) is 16.6 Å². The molecule has 1 aliphatic rings. The van der Waals surface area contributed by atoms with Crippen molar-refractivity contribution < 1.29 is 4.74 Å². The predicted molar refractivity (Wildman–Crippen MR) is 67.7 cm³/mol. The van der Waals surface area contributed by atoms with Crippen molar-refractivity contribution in [3.8, 4) is 0 Å². The van der Waals surface area contributed by atoms with Gasteiger partial charge < -0.3 is 10.1 Å². The molecule has 0 radical (unpaired) electrons. The first-order chi connectivity index (χ1) is 8.78. The highest BCUT2D eigenvalue weighted by atomic mass is 16.5. The second kappa shape index (κ2) is 4.53. The van der Waals surface area contributed by atoms with Gasteiger partial charge in [-0.1, -0.05) is 0 Å². The van der Waals surface area contributed by atoms with Crippen LogP contribution >= 0.6 is 0 Å². The van der Waals surface area contributed by atoms with Crippen LogP contribution in [0.5, 0.6) is 0 Å². The average molecular weight is 247 g/mol. The van der Waals surface area contributed by atoms with Crippen LogP contribution < -0.4 is 5.32 Å². The van der Waals surface area contributed by atoms with Crippen LogP contribution in [0.1, 0.15) is 31.5 Å². The van der Waals surface area contributed by atoms with Crippen LogP contribution in [0, 0.1) is 0 Å². The van der Waals surface area contributed by atoms with Gasteiger partial charge in [0.25, 0.3) is 0 Å². The van der Waals surface area contributed by atoms with Gasteiger partial charge in [-0.05, 0) is 31.9 Å². The summed E-state index contributed by atoms with van der Waals surface area (Å²) in [5.41, 5.74) is 0.807. The molecule has 0 amide bonds. The van der Waals surface area contributed by atoms with E-state index >= 15 is 0 Å². The zero-order chi connectivity index (χ0) is 12.5. The van der Waals surface area contributed by atoms with Crippen molar-refractivity contribution in [2.24, 2.45) is 0 Å². The summed E-state index contributed by atoms with van der Waals surface area (Å²) in [6.07, 6.45) is 2.39. The Labute approximate surface area is 105 Å². The lowest BCUT2D eigenvalue weighted by Crippen LogP contribution is -2.22. The van der Waals surface area contributed by atoms with Crippen molar-refractivity contribution in [2.75, 3.05) is 19.0 Å². The monoisotopic (exact) mass is 247 g/mol. The summed E-state index contributed by atoms with van der Waals surface area (Å²) >= 11 is 0. The third-order valence-corrected chi connectivity index (χ3v) is 3.04. The number of hydrogen-bond donors (Lipinski definition) is 1. The normalized spacial score (nSPS) is 17.0. The molecular formula is C12H17N5O. The summed E-state index contributed by atoms with van der Waals surface area (Å²) in [5, 5.41) is 16.2. The molecule has 0 aliphatic heterocycles. The fraction of sp³-hybridized carbons (Fsp3) is 0.583. The zero-order valence-electron chi connectivity index (χ0n) is 10.6. The lowest BCUT2D eigenvalue weighted by atomic mass is 10.3. The summed E-state index contributed by atoms with van der Waals surface area (Å²) < 4.78 is 6.95. The van der Waals surface area contributed by atoms with E-state index in [1.165, 1.54) is 12.8 Å². The Morgan fingerprint density at radius 2 is 2.28 bits per heavy atom. The van der Waals surface area contributed by atoms with Gasteiger partial charge in [-0.3, -0.25) is 0 Å². The standard InChI is InChI=1S/C12H17N5O/c1-8(7-18-2)13-10-5-6-11-14-15-12(9-3-4-9)17(11)16-10/h5-6,8-9H,3-4,7H2,1-2H3,(H,13,16). The van der Waals surface area contributed by atoms with E-state index in [0.717, 1.165) is 17.3 Å². The van der Waals surface area contributed by atoms with Crippen LogP contribution in [0.3, 0.4) is 0 Å². The van der Waals surface area contributed by atoms with Gasteiger partial charge in [0.2, 0.25) is 0 Å². The van der Waals surface area contributed by atoms with Crippen molar-refractivity contribution in [1.82, 2.24) is 19.8 Å². The second-order valence-corrected chi connectivity index (χ2v) is 4.82. The summed E-state index contributed by atoms with van der Waals surface area (Å²) in [5.74, 6) is 2.35. The fourth-order valence-electron chi connectivity index (χ4n) is 2.02. The molecule has 0 bridgehead atoms. The molecule has 1 atom stereocenters. The molecule has 3 rings (SSSR count). The van der Waals surface area contributed by atoms with Gasteiger partial charge in [0, 0.05) is 19.1 Å². The number of methoxy groups -OCH3 is 1. The molecule has 1 unspecified atom stereocenters. The highest BCUT2D eigenvalue weighted by Crippen LogP contribution is 2.38. The van der Waals surface area contributed by atoms with E-state index in [1.54, 1.807) is 7.11 Å². The first kappa shape index (κ1) is 11.4. The molecule has 96 valence electrons. The van der Waals surface area contributed by atoms with E-state index in [0.29, 0.717) is 12.5 Å². The number of ether oxygens (including phenoxy) is 1. The Hall–Kier alpha value is -1.69. The molecule has 0 spiro atoms. The smallest absolute Gasteiger partial charge is 0.178 e. The molecule has 1 fully saturated rings. The third kappa shape index (κ3) is 2.15. The molecule has 18 heavy (non-hydrogen) atoms. The lowest BCUT2D eigenvalue weighted by Gasteiger charge is -2.13. The number of rotatable bonds is 5. The van der Waals surface area contributed by atoms with E-state index in [9.17, 15) is 0 Å². The van der Waals surface area contributed by atoms with Gasteiger partial charge in [-0.2, -0.15) is 4.52 Å². The van der Waals surface area contributed by atoms with Gasteiger partial charge in [0.15, 0.2) is 11.5 Å². The van der Waals surface area contributed by atoms with Crippen molar-refractivity contribution in [3.05, 3.63) is 18.0 Å². The van der Waals surface area contributed by atoms with Gasteiger partial charge in [-0.15, -0.1) is 15.3 Å². The second-order valence-electron chi connectivity index (χ2n) is 4.82. The zero-order valence-corrected chi connectivity index (χ0v) is 10.6. The van der Waals surface area contributed by atoms with Gasteiger partial charge in [0.1, 0.15) is 5.82 Å². The largest absolute Gasteiger partial charge is 0.383 e. The van der Waals surface area contributed by atoms with Crippen LogP contribution in [0.25, 0.3) is 5.65 Å². The minimum Gasteiger partial charge on any atom is -0.383 e. The van der Waals surface area contributed by atoms with Crippen LogP contribution in [0.4, 0.5) is 5.82 Å². The van der Waals surface area contributed by atoms with Gasteiger partial charge in [0.05, 0.1) is 6.61 Å². The minimum atomic E-state index is 0.223. The van der Waals surface area contributed by atoms with Gasteiger partial charge >= 0.3 is 0 Å². The Bertz CT molecular complexity index is 548. The number of hydrogen-bond acceptors (Lipinski definition) is 5. The number of nitrogens with zero attached hydrogens (tertiary/aromatic N) is 4. The average Bonchev–Trinajstić information content (AvgIpc) is 3.10. The maximum atomic E-state index is 5.10. The summed E-state index contributed by atoms with van der Waals surface area (Å²) in [6, 6.07) is 4.08. The molecule has 2 aromatic rings. The lowest BCUT2D eigenvalue weighted by molar-refractivity contribution is 0.190. The van der Waals surface area contributed by atoms with E-state index in [4.69, 9.17) is 4.74 Å². The SMILES string of the molecule is COCC(C)Nc1ccc2nnc(C3CC3)n2n1. The summed E-state index contributed by atoms with van der Waals surface area (Å²) in [7, 11) is 1.69. The van der Waals surface area contributed by atoms with E-state index < -0.39 is 0 Å². The molecule has 1 N–H and O–H groups in total. The molecule has 2 aromatic heterocycles. The Kier molecular flexibility index (Phi) is 2.87. The van der Waals surface area contributed by atoms with Crippen molar-refractivity contribution in [1.29, 1.82) is 0 Å². The highest BCUT2D eigenvalue weighted by molar-refractivity contribution is 5.44. The Balaban J connectivity index is 1.87. The maximum Gasteiger partial charge on any atom is 0.178 e. The Morgan fingerprint density at radius 1 is 1.44 bits per heavy atom. The maximum absolute atomic E-state index is 5.10. The number of nitrogens with one attached hydrogen (secondary N) is 1. The third-order valence-electron chi connectivity index (χ3n) is 3.04. The molecule has 6 nitrogen and oxygen atoms in total. The molecule has 0 saturated heterocycles. The summed E-state index contributed by atoms with van der Waals surface area (Å²) in [4.78, 5) is 0. The van der Waals surface area contributed by atoms with Crippen LogP contribution in [0.15, 0.2) is 12.1 Å². The topological polar surface area (TPSA) is 64.3 Å². The molecule has 1 aliphatic carbocycles. The van der Waals surface area contributed by atoms with Crippen molar-refractivity contribution in [2.45, 2.75) is 31.7 Å². The van der Waals surface area contributed by atoms with Gasteiger partial charge in [-0.25, -0.2) is 0 Å². The molecule has 1 saturated carbocycles. The first-order valence-electron chi connectivity index (χ1n) is 6.26. The number of anilines is 1. The molecular weight excluding hydrogens is 230 g/mol. The van der Waals surface area contributed by atoms with E-state index in [-0.39, 0.29) is 6.04 Å². The molecule has 6 heteroatoms. The first-order valence-corrected chi connectivity index (χ1v) is 6.26. The van der Waals surface area contributed by atoms with Crippen LogP contribution in [-0.2, 0) is 4.74 Å². The van der Waals surface area contributed by atoms with Crippen molar-refractivity contribution >= 4 is 11.5 Å². The van der Waals surface area contributed by atoms with Crippen molar-refractivity contribution in [3.63, 3.8) is 0 Å². The molecule has 0 aromatic carbocycles. The van der Waals surface area contributed by atoms with E-state index in [2.05, 4.69) is 27.5 Å². The fourth-order valence-corrected chi connectivity index (χ4v) is 2.02. The highest BCUT2D eigenvalue weighted by Gasteiger charge is 2.29. The van der Waals surface area contributed by atoms with Crippen LogP contribution in [0.2, 0.25) is 0 Å². The van der Waals surface area contributed by atoms with Crippen LogP contribution in [-0.4, -0.2) is 39.6 Å². The number of aromatic nitrogens is 4. The Morgan fingerprint density at radius 3 is 3.00 bits per heavy atom. The quantitative estimate of drug-likeness (QED) is 0.866. The molecule has 2 heterocycles. The minimum absolute atomic E-state index is 0.223. The summed E-state index contributed by atoms with van der Waals surface area (Å²) in [6.45, 7) is 2.71.